The molecule has 0 bridgehead atoms. The maximum Gasteiger partial charge on any atom is 0.333 e. The summed E-state index contributed by atoms with van der Waals surface area (Å²) in [5.41, 5.74) is 2.39. The van der Waals surface area contributed by atoms with Gasteiger partial charge in [-0.05, 0) is 25.0 Å². The molecule has 1 atom stereocenters. The van der Waals surface area contributed by atoms with Gasteiger partial charge in [-0.25, -0.2) is 19.6 Å². The molecule has 0 saturated heterocycles. The van der Waals surface area contributed by atoms with Gasteiger partial charge in [-0.3, -0.25) is 4.90 Å². The summed E-state index contributed by atoms with van der Waals surface area (Å²) in [5.74, 6) is -0.656. The molecule has 2 rings (SSSR count). The van der Waals surface area contributed by atoms with E-state index in [9.17, 15) is 14.7 Å². The average molecular weight is 443 g/mol. The molecule has 0 spiro atoms. The van der Waals surface area contributed by atoms with Crippen molar-refractivity contribution in [1.29, 1.82) is 0 Å². The number of benzene rings is 1. The van der Waals surface area contributed by atoms with E-state index in [1.54, 1.807) is 26.2 Å². The summed E-state index contributed by atoms with van der Waals surface area (Å²) in [5, 5.41) is 12.2. The number of rotatable bonds is 13. The van der Waals surface area contributed by atoms with Crippen LogP contribution in [0.1, 0.15) is 51.5 Å². The lowest BCUT2D eigenvalue weighted by Gasteiger charge is -2.17. The molecule has 1 unspecified atom stereocenters. The fourth-order valence-corrected chi connectivity index (χ4v) is 3.25. The Hall–Kier alpha value is -3.00. The summed E-state index contributed by atoms with van der Waals surface area (Å²) >= 11 is 0. The van der Waals surface area contributed by atoms with Gasteiger partial charge in [-0.1, -0.05) is 56.9 Å². The van der Waals surface area contributed by atoms with E-state index in [0.29, 0.717) is 31.2 Å². The van der Waals surface area contributed by atoms with Crippen molar-refractivity contribution in [3.8, 4) is 11.3 Å². The van der Waals surface area contributed by atoms with E-state index >= 15 is 0 Å². The molecular weight excluding hydrogens is 408 g/mol. The van der Waals surface area contributed by atoms with Gasteiger partial charge in [-0.2, -0.15) is 0 Å². The van der Waals surface area contributed by atoms with E-state index in [0.717, 1.165) is 24.0 Å². The van der Waals surface area contributed by atoms with Gasteiger partial charge < -0.3 is 15.2 Å². The maximum absolute atomic E-state index is 12.4. The second-order valence-corrected chi connectivity index (χ2v) is 7.63. The van der Waals surface area contributed by atoms with Gasteiger partial charge in [0.1, 0.15) is 0 Å². The molecule has 1 aromatic heterocycles. The molecule has 1 heterocycles. The molecule has 2 amide bonds. The van der Waals surface area contributed by atoms with Gasteiger partial charge >= 0.3 is 12.0 Å². The second-order valence-electron chi connectivity index (χ2n) is 7.63. The standard InChI is InChI=1S/C24H34N4O4/c1-4-6-7-8-9-15-26-24(31)28(3)23-25-16-14-20(27-23)19-12-10-18(11-13-19)17-21(22(29)30)32-5-2/h10-14,16,21H,4-9,15,17H2,1-3H3,(H,26,31)(H,29,30). The number of nitrogens with zero attached hydrogens (tertiary/aromatic N) is 3. The number of carbonyl (C=O) groups is 2. The highest BCUT2D eigenvalue weighted by atomic mass is 16.5. The molecule has 0 radical (unpaired) electrons. The van der Waals surface area contributed by atoms with E-state index in [-0.39, 0.29) is 6.03 Å². The molecule has 8 nitrogen and oxygen atoms in total. The Morgan fingerprint density at radius 2 is 1.81 bits per heavy atom. The van der Waals surface area contributed by atoms with Crippen molar-refractivity contribution in [1.82, 2.24) is 15.3 Å². The predicted molar refractivity (Wildman–Crippen MR) is 125 cm³/mol. The lowest BCUT2D eigenvalue weighted by molar-refractivity contribution is -0.149. The van der Waals surface area contributed by atoms with Crippen LogP contribution in [-0.2, 0) is 16.0 Å². The van der Waals surface area contributed by atoms with E-state index in [1.807, 2.05) is 24.3 Å². The largest absolute Gasteiger partial charge is 0.479 e. The zero-order valence-corrected chi connectivity index (χ0v) is 19.2. The summed E-state index contributed by atoms with van der Waals surface area (Å²) in [4.78, 5) is 33.8. The summed E-state index contributed by atoms with van der Waals surface area (Å²) < 4.78 is 5.28. The number of nitrogens with one attached hydrogen (secondary N) is 1. The van der Waals surface area contributed by atoms with Crippen LogP contribution in [0.5, 0.6) is 0 Å². The number of anilines is 1. The molecule has 0 saturated carbocycles. The first-order chi connectivity index (χ1) is 15.5. The number of carbonyl (C=O) groups excluding carboxylic acids is 1. The van der Waals surface area contributed by atoms with Crippen LogP contribution in [0, 0.1) is 0 Å². The molecule has 0 fully saturated rings. The van der Waals surface area contributed by atoms with Crippen LogP contribution >= 0.6 is 0 Å². The Morgan fingerprint density at radius 1 is 1.09 bits per heavy atom. The monoisotopic (exact) mass is 442 g/mol. The van der Waals surface area contributed by atoms with Crippen LogP contribution < -0.4 is 10.2 Å². The number of aliphatic carboxylic acids is 1. The van der Waals surface area contributed by atoms with Gasteiger partial charge in [0.15, 0.2) is 6.10 Å². The van der Waals surface area contributed by atoms with Gasteiger partial charge in [0.05, 0.1) is 5.69 Å². The number of hydrogen-bond acceptors (Lipinski definition) is 5. The minimum atomic E-state index is -0.973. The number of carboxylic acids is 1. The SMILES string of the molecule is CCCCCCCNC(=O)N(C)c1nccc(-c2ccc(CC(OCC)C(=O)O)cc2)n1. The Balaban J connectivity index is 1.98. The fraction of sp³-hybridized carbons (Fsp3) is 0.500. The third-order valence-corrected chi connectivity index (χ3v) is 5.12. The van der Waals surface area contributed by atoms with Crippen LogP contribution in [0.3, 0.4) is 0 Å². The van der Waals surface area contributed by atoms with Gasteiger partial charge in [0.2, 0.25) is 5.95 Å². The van der Waals surface area contributed by atoms with Crippen LogP contribution in [-0.4, -0.2) is 53.4 Å². The van der Waals surface area contributed by atoms with E-state index in [1.165, 1.54) is 24.2 Å². The van der Waals surface area contributed by atoms with Gasteiger partial charge in [0, 0.05) is 38.4 Å². The minimum Gasteiger partial charge on any atom is -0.479 e. The van der Waals surface area contributed by atoms with Crippen LogP contribution in [0.2, 0.25) is 0 Å². The summed E-state index contributed by atoms with van der Waals surface area (Å²) in [7, 11) is 1.65. The number of carboxylic acid groups (broad SMARTS) is 1. The summed E-state index contributed by atoms with van der Waals surface area (Å²) in [6.07, 6.45) is 6.72. The topological polar surface area (TPSA) is 105 Å². The zero-order valence-electron chi connectivity index (χ0n) is 19.2. The molecule has 174 valence electrons. The number of hydrogen-bond donors (Lipinski definition) is 2. The van der Waals surface area contributed by atoms with Crippen molar-refractivity contribution < 1.29 is 19.4 Å². The predicted octanol–water partition coefficient (Wildman–Crippen LogP) is 4.29. The smallest absolute Gasteiger partial charge is 0.333 e. The third-order valence-electron chi connectivity index (χ3n) is 5.12. The van der Waals surface area contributed by atoms with Crippen LogP contribution in [0.4, 0.5) is 10.7 Å². The molecule has 0 aliphatic rings. The lowest BCUT2D eigenvalue weighted by atomic mass is 10.0. The molecule has 32 heavy (non-hydrogen) atoms. The Kier molecular flexibility index (Phi) is 10.6. The third kappa shape index (κ3) is 7.92. The molecule has 1 aromatic carbocycles. The van der Waals surface area contributed by atoms with Crippen molar-refractivity contribution in [3.63, 3.8) is 0 Å². The molecule has 0 aliphatic heterocycles. The minimum absolute atomic E-state index is 0.233. The average Bonchev–Trinajstić information content (AvgIpc) is 2.81. The Labute approximate surface area is 190 Å². The molecule has 2 aromatic rings. The molecule has 0 aliphatic carbocycles. The van der Waals surface area contributed by atoms with E-state index in [4.69, 9.17) is 4.74 Å². The molecular formula is C24H34N4O4. The first kappa shape index (κ1) is 25.3. The lowest BCUT2D eigenvalue weighted by Crippen LogP contribution is -2.38. The number of aromatic nitrogens is 2. The highest BCUT2D eigenvalue weighted by Crippen LogP contribution is 2.20. The number of urea groups is 1. The second kappa shape index (κ2) is 13.4. The van der Waals surface area contributed by atoms with Crippen molar-refractivity contribution in [3.05, 3.63) is 42.1 Å². The number of ether oxygens (including phenoxy) is 1. The van der Waals surface area contributed by atoms with E-state index < -0.39 is 12.1 Å². The maximum atomic E-state index is 12.4. The molecule has 8 heteroatoms. The van der Waals surface area contributed by atoms with Crippen molar-refractivity contribution in [2.75, 3.05) is 25.1 Å². The molecule has 2 N–H and O–H groups in total. The fourth-order valence-electron chi connectivity index (χ4n) is 3.25. The van der Waals surface area contributed by atoms with Crippen molar-refractivity contribution >= 4 is 17.9 Å². The van der Waals surface area contributed by atoms with Crippen LogP contribution in [0.25, 0.3) is 11.3 Å². The van der Waals surface area contributed by atoms with Gasteiger partial charge in [-0.15, -0.1) is 0 Å². The van der Waals surface area contributed by atoms with Crippen molar-refractivity contribution in [2.24, 2.45) is 0 Å². The number of unbranched alkanes of at least 4 members (excludes halogenated alkanes) is 4. The summed E-state index contributed by atoms with van der Waals surface area (Å²) in [6, 6.07) is 9.02. The van der Waals surface area contributed by atoms with Crippen molar-refractivity contribution in [2.45, 2.75) is 58.5 Å². The quantitative estimate of drug-likeness (QED) is 0.448. The Morgan fingerprint density at radius 3 is 2.47 bits per heavy atom. The number of amides is 2. The Bertz CT molecular complexity index is 857. The first-order valence-electron chi connectivity index (χ1n) is 11.2. The normalized spacial score (nSPS) is 11.7. The highest BCUT2D eigenvalue weighted by Gasteiger charge is 2.18. The zero-order chi connectivity index (χ0) is 23.3. The van der Waals surface area contributed by atoms with E-state index in [2.05, 4.69) is 22.2 Å². The highest BCUT2D eigenvalue weighted by molar-refractivity contribution is 5.89. The van der Waals surface area contributed by atoms with Crippen LogP contribution in [0.15, 0.2) is 36.5 Å². The summed E-state index contributed by atoms with van der Waals surface area (Å²) in [6.45, 7) is 4.93. The first-order valence-corrected chi connectivity index (χ1v) is 11.2. The van der Waals surface area contributed by atoms with Gasteiger partial charge in [0.25, 0.3) is 0 Å².